The molecular formula is C39H33N. The number of aromatic nitrogens is 1. The summed E-state index contributed by atoms with van der Waals surface area (Å²) < 4.78 is 0. The number of pyridine rings is 1. The average molecular weight is 516 g/mol. The van der Waals surface area contributed by atoms with Gasteiger partial charge in [0.1, 0.15) is 0 Å². The van der Waals surface area contributed by atoms with Crippen molar-refractivity contribution in [1.82, 2.24) is 4.98 Å². The van der Waals surface area contributed by atoms with Gasteiger partial charge in [0.25, 0.3) is 0 Å². The molecular weight excluding hydrogens is 482 g/mol. The predicted molar refractivity (Wildman–Crippen MR) is 171 cm³/mol. The van der Waals surface area contributed by atoms with E-state index < -0.39 is 0 Å². The molecule has 0 N–H and O–H groups in total. The molecule has 0 atom stereocenters. The summed E-state index contributed by atoms with van der Waals surface area (Å²) in [6, 6.07) is 41.0. The lowest BCUT2D eigenvalue weighted by molar-refractivity contribution is 0.655. The molecule has 0 aliphatic heterocycles. The third-order valence-electron chi connectivity index (χ3n) is 7.98. The van der Waals surface area contributed by atoms with E-state index in [2.05, 4.69) is 143 Å². The zero-order valence-corrected chi connectivity index (χ0v) is 23.4. The molecule has 1 aromatic heterocycles. The minimum absolute atomic E-state index is 0.0974. The van der Waals surface area contributed by atoms with Crippen LogP contribution in [-0.4, -0.2) is 4.98 Å². The Morgan fingerprint density at radius 3 is 1.73 bits per heavy atom. The number of benzene rings is 4. The van der Waals surface area contributed by atoms with Gasteiger partial charge in [0.2, 0.25) is 0 Å². The van der Waals surface area contributed by atoms with Crippen LogP contribution in [0, 0.1) is 0 Å². The number of rotatable bonds is 6. The quantitative estimate of drug-likeness (QED) is 0.219. The molecule has 1 nitrogen and oxygen atoms in total. The standard InChI is InChI=1S/C39H33N/c1-5-14-33-34-22-21-31(24-36(34)39(3,4)35(33)6-2)29-19-13-20-30(23-29)32-25-37(27-15-9-7-10-16-27)40-38(26-32)28-17-11-8-12-18-28/h5-26H,2H2,1,3-4H3/b14-5-. The van der Waals surface area contributed by atoms with Crippen molar-refractivity contribution >= 4 is 5.57 Å². The Bertz CT molecular complexity index is 1710. The third-order valence-corrected chi connectivity index (χ3v) is 7.98. The number of hydrogen-bond donors (Lipinski definition) is 0. The fourth-order valence-electron chi connectivity index (χ4n) is 5.90. The number of nitrogens with zero attached hydrogens (tertiary/aromatic N) is 1. The van der Waals surface area contributed by atoms with Gasteiger partial charge in [0.15, 0.2) is 0 Å². The molecule has 0 saturated heterocycles. The third kappa shape index (κ3) is 4.54. The molecule has 0 unspecified atom stereocenters. The lowest BCUT2D eigenvalue weighted by Gasteiger charge is -2.23. The van der Waals surface area contributed by atoms with Gasteiger partial charge in [0, 0.05) is 16.5 Å². The molecule has 0 saturated carbocycles. The van der Waals surface area contributed by atoms with Gasteiger partial charge in [-0.15, -0.1) is 0 Å². The minimum Gasteiger partial charge on any atom is -0.248 e. The molecule has 0 amide bonds. The highest BCUT2D eigenvalue weighted by Crippen LogP contribution is 2.48. The molecule has 1 aliphatic carbocycles. The van der Waals surface area contributed by atoms with Crippen LogP contribution < -0.4 is 0 Å². The van der Waals surface area contributed by atoms with Crippen LogP contribution in [0.3, 0.4) is 0 Å². The highest BCUT2D eigenvalue weighted by atomic mass is 14.7. The smallest absolute Gasteiger partial charge is 0.0715 e. The van der Waals surface area contributed by atoms with E-state index in [1.165, 1.54) is 39.0 Å². The van der Waals surface area contributed by atoms with E-state index in [1.807, 2.05) is 18.2 Å². The molecule has 0 bridgehead atoms. The summed E-state index contributed by atoms with van der Waals surface area (Å²) >= 11 is 0. The Hall–Kier alpha value is -4.75. The maximum atomic E-state index is 5.05. The summed E-state index contributed by atoms with van der Waals surface area (Å²) in [7, 11) is 0. The Morgan fingerprint density at radius 2 is 1.15 bits per heavy atom. The zero-order chi connectivity index (χ0) is 27.7. The van der Waals surface area contributed by atoms with Gasteiger partial charge < -0.3 is 0 Å². The van der Waals surface area contributed by atoms with Gasteiger partial charge >= 0.3 is 0 Å². The maximum absolute atomic E-state index is 5.05. The summed E-state index contributed by atoms with van der Waals surface area (Å²) in [5.74, 6) is 0. The summed E-state index contributed by atoms with van der Waals surface area (Å²) in [5.41, 5.74) is 14.0. The maximum Gasteiger partial charge on any atom is 0.0715 e. The van der Waals surface area contributed by atoms with Gasteiger partial charge in [-0.2, -0.15) is 0 Å². The molecule has 0 spiro atoms. The topological polar surface area (TPSA) is 12.9 Å². The van der Waals surface area contributed by atoms with E-state index in [1.54, 1.807) is 0 Å². The van der Waals surface area contributed by atoms with Gasteiger partial charge in [0.05, 0.1) is 11.4 Å². The average Bonchev–Trinajstić information content (AvgIpc) is 3.22. The first kappa shape index (κ1) is 25.5. The number of hydrogen-bond acceptors (Lipinski definition) is 1. The first-order chi connectivity index (χ1) is 19.5. The minimum atomic E-state index is -0.0974. The van der Waals surface area contributed by atoms with E-state index in [0.29, 0.717) is 0 Å². The van der Waals surface area contributed by atoms with Gasteiger partial charge in [-0.3, -0.25) is 0 Å². The van der Waals surface area contributed by atoms with Crippen molar-refractivity contribution in [2.75, 3.05) is 0 Å². The molecule has 40 heavy (non-hydrogen) atoms. The zero-order valence-electron chi connectivity index (χ0n) is 23.4. The van der Waals surface area contributed by atoms with Crippen molar-refractivity contribution in [1.29, 1.82) is 0 Å². The van der Waals surface area contributed by atoms with Crippen LogP contribution in [0.15, 0.2) is 146 Å². The van der Waals surface area contributed by atoms with E-state index in [4.69, 9.17) is 4.98 Å². The lowest BCUT2D eigenvalue weighted by atomic mass is 9.80. The first-order valence-electron chi connectivity index (χ1n) is 13.9. The molecule has 6 rings (SSSR count). The lowest BCUT2D eigenvalue weighted by Crippen LogP contribution is -2.16. The van der Waals surface area contributed by atoms with Crippen molar-refractivity contribution in [2.24, 2.45) is 0 Å². The van der Waals surface area contributed by atoms with Crippen LogP contribution in [0.1, 0.15) is 31.9 Å². The van der Waals surface area contributed by atoms with E-state index >= 15 is 0 Å². The fourth-order valence-corrected chi connectivity index (χ4v) is 5.90. The summed E-state index contributed by atoms with van der Waals surface area (Å²) in [6.45, 7) is 10.8. The van der Waals surface area contributed by atoms with Crippen LogP contribution in [0.5, 0.6) is 0 Å². The molecule has 1 aliphatic rings. The van der Waals surface area contributed by atoms with Crippen LogP contribution in [0.2, 0.25) is 0 Å². The number of fused-ring (bicyclic) bond motifs is 1. The Labute approximate surface area is 237 Å². The van der Waals surface area contributed by atoms with E-state index in [-0.39, 0.29) is 5.41 Å². The fraction of sp³-hybridized carbons (Fsp3) is 0.103. The SMILES string of the molecule is C=CC1=C(/C=C\C)c2ccc(-c3cccc(-c4cc(-c5ccccc5)nc(-c5ccccc5)c4)c3)cc2C1(C)C. The van der Waals surface area contributed by atoms with Crippen LogP contribution >= 0.6 is 0 Å². The molecule has 0 fully saturated rings. The molecule has 0 radical (unpaired) electrons. The van der Waals surface area contributed by atoms with E-state index in [9.17, 15) is 0 Å². The summed E-state index contributed by atoms with van der Waals surface area (Å²) in [5, 5.41) is 0. The molecule has 1 heterocycles. The van der Waals surface area contributed by atoms with Crippen LogP contribution in [-0.2, 0) is 5.41 Å². The molecule has 5 aromatic rings. The second-order valence-electron chi connectivity index (χ2n) is 10.9. The van der Waals surface area contributed by atoms with Crippen molar-refractivity contribution in [3.63, 3.8) is 0 Å². The second kappa shape index (κ2) is 10.4. The monoisotopic (exact) mass is 515 g/mol. The van der Waals surface area contributed by atoms with Crippen molar-refractivity contribution in [3.8, 4) is 44.8 Å². The van der Waals surface area contributed by atoms with Crippen molar-refractivity contribution in [2.45, 2.75) is 26.2 Å². The van der Waals surface area contributed by atoms with Gasteiger partial charge in [-0.1, -0.05) is 130 Å². The molecule has 4 aromatic carbocycles. The largest absolute Gasteiger partial charge is 0.248 e. The summed E-state index contributed by atoms with van der Waals surface area (Å²) in [6.07, 6.45) is 6.35. The number of allylic oxidation sites excluding steroid dienone is 5. The Kier molecular flexibility index (Phi) is 6.66. The normalized spacial score (nSPS) is 14.0. The first-order valence-corrected chi connectivity index (χ1v) is 13.9. The van der Waals surface area contributed by atoms with Crippen LogP contribution in [0.25, 0.3) is 50.3 Å². The Balaban J connectivity index is 1.45. The second-order valence-corrected chi connectivity index (χ2v) is 10.9. The molecule has 194 valence electrons. The van der Waals surface area contributed by atoms with Gasteiger partial charge in [-0.05, 0) is 75.7 Å². The van der Waals surface area contributed by atoms with E-state index in [0.717, 1.165) is 28.1 Å². The Morgan fingerprint density at radius 1 is 0.600 bits per heavy atom. The van der Waals surface area contributed by atoms with Crippen molar-refractivity contribution < 1.29 is 0 Å². The van der Waals surface area contributed by atoms with Crippen molar-refractivity contribution in [3.05, 3.63) is 157 Å². The highest BCUT2D eigenvalue weighted by Gasteiger charge is 2.35. The predicted octanol–water partition coefficient (Wildman–Crippen LogP) is 10.6. The van der Waals surface area contributed by atoms with Crippen LogP contribution in [0.4, 0.5) is 0 Å². The van der Waals surface area contributed by atoms with Gasteiger partial charge in [-0.25, -0.2) is 4.98 Å². The molecule has 1 heteroatoms. The highest BCUT2D eigenvalue weighted by molar-refractivity contribution is 5.89. The summed E-state index contributed by atoms with van der Waals surface area (Å²) in [4.78, 5) is 5.05.